The Balaban J connectivity index is 4.53. The third-order valence-electron chi connectivity index (χ3n) is 3.12. The van der Waals surface area contributed by atoms with Gasteiger partial charge in [-0.25, -0.2) is 4.79 Å². The average molecular weight is 406 g/mol. The molecule has 0 aromatic carbocycles. The highest BCUT2D eigenvalue weighted by atomic mass is 16.6. The van der Waals surface area contributed by atoms with E-state index in [0.29, 0.717) is 0 Å². The molecule has 160 valence electrons. The van der Waals surface area contributed by atoms with Gasteiger partial charge in [-0.3, -0.25) is 19.2 Å². The van der Waals surface area contributed by atoms with E-state index in [0.717, 1.165) is 4.90 Å². The van der Waals surface area contributed by atoms with Crippen LogP contribution in [0.1, 0.15) is 37.3 Å². The third-order valence-corrected chi connectivity index (χ3v) is 3.12. The molecule has 0 fully saturated rings. The first kappa shape index (κ1) is 21.5. The van der Waals surface area contributed by atoms with E-state index >= 15 is 0 Å². The number of nitrogens with zero attached hydrogens (tertiary/aromatic N) is 2. The largest absolute Gasteiger partial charge is 0.480 e. The van der Waals surface area contributed by atoms with Crippen molar-refractivity contribution in [3.63, 3.8) is 0 Å². The zero-order valence-corrected chi connectivity index (χ0v) is 16.4. The summed E-state index contributed by atoms with van der Waals surface area (Å²) in [6, 6.07) is 0. The summed E-state index contributed by atoms with van der Waals surface area (Å²) in [5.41, 5.74) is -0.666. The molecule has 0 unspecified atom stereocenters. The van der Waals surface area contributed by atoms with Gasteiger partial charge in [0.2, 0.25) is 17.7 Å². The van der Waals surface area contributed by atoms with Crippen LogP contribution in [0.2, 0.25) is 0 Å². The molecule has 0 aromatic rings. The number of ether oxygens (including phenoxy) is 1. The van der Waals surface area contributed by atoms with E-state index in [2.05, 4.69) is 10.6 Å². The van der Waals surface area contributed by atoms with Crippen molar-refractivity contribution in [2.45, 2.75) is 40.2 Å². The number of carboxylic acid groups (broad SMARTS) is 1. The summed E-state index contributed by atoms with van der Waals surface area (Å²) < 4.78 is 19.3. The molecular weight excluding hydrogens is 372 g/mol. The zero-order valence-electron chi connectivity index (χ0n) is 18.4. The maximum Gasteiger partial charge on any atom is 0.407 e. The van der Waals surface area contributed by atoms with E-state index in [1.807, 2.05) is 0 Å². The lowest BCUT2D eigenvalue weighted by Gasteiger charge is -2.23. The van der Waals surface area contributed by atoms with Crippen LogP contribution in [0.3, 0.4) is 0 Å². The minimum absolute atomic E-state index is 0.00696. The van der Waals surface area contributed by atoms with E-state index in [4.69, 9.17) is 12.6 Å². The smallest absolute Gasteiger partial charge is 0.407 e. The Labute approximate surface area is 167 Å². The molecule has 0 atom stereocenters. The highest BCUT2D eigenvalue weighted by molar-refractivity contribution is 5.86. The number of carbonyl (C=O) groups is 5. The van der Waals surface area contributed by atoms with Crippen molar-refractivity contribution in [3.05, 3.63) is 0 Å². The number of hydrogen-bond donors (Lipinski definition) is 3. The molecule has 4 amide bonds. The quantitative estimate of drug-likeness (QED) is 0.439. The number of carboxylic acids is 1. The first-order valence-corrected chi connectivity index (χ1v) is 8.49. The second-order valence-electron chi connectivity index (χ2n) is 6.80. The van der Waals surface area contributed by atoms with E-state index in [-0.39, 0.29) is 26.2 Å². The molecule has 0 aliphatic carbocycles. The van der Waals surface area contributed by atoms with E-state index in [1.165, 1.54) is 4.90 Å². The molecule has 0 aromatic heterocycles. The van der Waals surface area contributed by atoms with Crippen molar-refractivity contribution < 1.29 is 36.6 Å². The molecule has 0 heterocycles. The van der Waals surface area contributed by atoms with Crippen molar-refractivity contribution in [1.29, 1.82) is 0 Å². The van der Waals surface area contributed by atoms with Crippen LogP contribution in [0, 0.1) is 0 Å². The fourth-order valence-electron chi connectivity index (χ4n) is 1.92. The summed E-state index contributed by atoms with van der Waals surface area (Å²) >= 11 is 0. The van der Waals surface area contributed by atoms with Crippen LogP contribution in [0.15, 0.2) is 0 Å². The lowest BCUT2D eigenvalue weighted by atomic mass is 10.2. The summed E-state index contributed by atoms with van der Waals surface area (Å²) in [6.45, 7) is 2.91. The predicted octanol–water partition coefficient (Wildman–Crippen LogP) is -0.591. The van der Waals surface area contributed by atoms with Gasteiger partial charge in [0.25, 0.3) is 0 Å². The Kier molecular flexibility index (Phi) is 9.02. The Morgan fingerprint density at radius 1 is 0.929 bits per heavy atom. The Bertz CT molecular complexity index is 626. The van der Waals surface area contributed by atoms with Gasteiger partial charge in [-0.2, -0.15) is 0 Å². The minimum Gasteiger partial charge on any atom is -0.480 e. The van der Waals surface area contributed by atoms with Crippen molar-refractivity contribution in [3.8, 4) is 0 Å². The van der Waals surface area contributed by atoms with Gasteiger partial charge in [0.15, 0.2) is 0 Å². The molecule has 0 bridgehead atoms. The molecule has 0 aliphatic rings. The van der Waals surface area contributed by atoms with Crippen molar-refractivity contribution in [2.75, 3.05) is 39.3 Å². The maximum atomic E-state index is 11.9. The van der Waals surface area contributed by atoms with Crippen molar-refractivity contribution in [1.82, 2.24) is 20.4 Å². The fraction of sp³-hybridized carbons (Fsp3) is 0.706. The van der Waals surface area contributed by atoms with E-state index < -0.39 is 62.3 Å². The monoisotopic (exact) mass is 406 g/mol. The van der Waals surface area contributed by atoms with E-state index in [1.54, 1.807) is 20.8 Å². The SMILES string of the molecule is [3H]CC(=O)N(CCNC(=O)CN(CC(=O)O)C(=O)C[3H])CCNC(=O)OC(C)(C)C. The van der Waals surface area contributed by atoms with Gasteiger partial charge >= 0.3 is 12.1 Å². The van der Waals surface area contributed by atoms with Crippen LogP contribution in [0.25, 0.3) is 0 Å². The number of nitrogens with one attached hydrogen (secondary N) is 2. The fourth-order valence-corrected chi connectivity index (χ4v) is 1.92. The number of hydrogen-bond acceptors (Lipinski definition) is 6. The minimum atomic E-state index is -1.31. The second-order valence-corrected chi connectivity index (χ2v) is 6.80. The van der Waals surface area contributed by atoms with Crippen LogP contribution in [0.5, 0.6) is 0 Å². The average Bonchev–Trinajstić information content (AvgIpc) is 2.63. The Morgan fingerprint density at radius 3 is 1.96 bits per heavy atom. The van der Waals surface area contributed by atoms with Gasteiger partial charge in [0, 0.05) is 42.7 Å². The summed E-state index contributed by atoms with van der Waals surface area (Å²) in [5, 5.41) is 13.7. The van der Waals surface area contributed by atoms with Gasteiger partial charge in [-0.15, -0.1) is 0 Å². The van der Waals surface area contributed by atoms with Gasteiger partial charge in [0.1, 0.15) is 18.7 Å². The van der Waals surface area contributed by atoms with Crippen LogP contribution in [-0.4, -0.2) is 89.6 Å². The molecule has 0 spiro atoms. The number of alkyl carbamates (subject to hydrolysis) is 1. The third kappa shape index (κ3) is 12.5. The first-order chi connectivity index (χ1) is 13.9. The normalized spacial score (nSPS) is 11.5. The first-order valence-electron chi connectivity index (χ1n) is 9.90. The Morgan fingerprint density at radius 2 is 1.46 bits per heavy atom. The zero-order chi connectivity index (χ0) is 23.3. The number of aliphatic carboxylic acids is 1. The summed E-state index contributed by atoms with van der Waals surface area (Å²) in [4.78, 5) is 59.7. The molecule has 0 saturated carbocycles. The molecule has 28 heavy (non-hydrogen) atoms. The van der Waals surface area contributed by atoms with Gasteiger partial charge in [-0.1, -0.05) is 0 Å². The predicted molar refractivity (Wildman–Crippen MR) is 99.4 cm³/mol. The summed E-state index contributed by atoms with van der Waals surface area (Å²) in [5.74, 6) is -3.27. The molecule has 0 aliphatic heterocycles. The molecule has 0 radical (unpaired) electrons. The number of rotatable bonds is 10. The second kappa shape index (κ2) is 11.8. The standard InChI is InChI=1S/C17H30N4O7/c1-12(22)20(9-7-19-16(27)28-17(3,4)5)8-6-18-14(24)10-21(13(2)23)11-15(25)26/h6-11H2,1-5H3,(H,18,24)(H,19,27)(H,25,26)/i1T,2T. The molecule has 11 nitrogen and oxygen atoms in total. The summed E-state index contributed by atoms with van der Waals surface area (Å²) in [6.07, 6.45) is -0.647. The highest BCUT2D eigenvalue weighted by Crippen LogP contribution is 2.06. The van der Waals surface area contributed by atoms with E-state index in [9.17, 15) is 24.0 Å². The van der Waals surface area contributed by atoms with Crippen molar-refractivity contribution in [2.24, 2.45) is 0 Å². The number of carbonyl (C=O) groups excluding carboxylic acids is 4. The summed E-state index contributed by atoms with van der Waals surface area (Å²) in [7, 11) is 0. The molecule has 11 heteroatoms. The topological polar surface area (TPSA) is 145 Å². The number of amides is 4. The lowest BCUT2D eigenvalue weighted by Crippen LogP contribution is -2.45. The molecule has 0 saturated heterocycles. The maximum absolute atomic E-state index is 11.9. The lowest BCUT2D eigenvalue weighted by molar-refractivity contribution is -0.145. The van der Waals surface area contributed by atoms with Crippen molar-refractivity contribution >= 4 is 29.8 Å². The van der Waals surface area contributed by atoms with Crippen LogP contribution in [0.4, 0.5) is 4.79 Å². The van der Waals surface area contributed by atoms with Gasteiger partial charge < -0.3 is 30.3 Å². The van der Waals surface area contributed by atoms with Gasteiger partial charge in [-0.05, 0) is 20.8 Å². The van der Waals surface area contributed by atoms with Crippen LogP contribution in [-0.2, 0) is 23.9 Å². The van der Waals surface area contributed by atoms with Gasteiger partial charge in [0.05, 0.1) is 0 Å². The molecule has 3 N–H and O–H groups in total. The van der Waals surface area contributed by atoms with Crippen LogP contribution < -0.4 is 10.6 Å². The van der Waals surface area contributed by atoms with Crippen LogP contribution >= 0.6 is 0 Å². The highest BCUT2D eigenvalue weighted by Gasteiger charge is 2.18. The molecule has 0 rings (SSSR count). The Hall–Kier alpha value is -2.85. The molecular formula is C17H30N4O7.